The Bertz CT molecular complexity index is 592. The zero-order chi connectivity index (χ0) is 13.9. The van der Waals surface area contributed by atoms with Crippen molar-refractivity contribution >= 4 is 0 Å². The highest BCUT2D eigenvalue weighted by molar-refractivity contribution is 5.39. The summed E-state index contributed by atoms with van der Waals surface area (Å²) in [6.07, 6.45) is 1.05. The molecule has 2 aromatic rings. The van der Waals surface area contributed by atoms with E-state index in [1.807, 2.05) is 0 Å². The largest absolute Gasteiger partial charge is 0.372 e. The fourth-order valence-electron chi connectivity index (χ4n) is 2.70. The molecular weight excluding hydrogens is 248 g/mol. The minimum atomic E-state index is 0.0202. The van der Waals surface area contributed by atoms with E-state index in [-0.39, 0.29) is 6.04 Å². The van der Waals surface area contributed by atoms with Crippen molar-refractivity contribution < 1.29 is 4.74 Å². The monoisotopic (exact) mass is 268 g/mol. The molecule has 1 atom stereocenters. The number of nitrogens with one attached hydrogen (secondary N) is 1. The van der Waals surface area contributed by atoms with Crippen LogP contribution >= 0.6 is 0 Å². The standard InChI is InChI=1S/C17H20N2O/c1-2-12-3-5-13(6-4-12)17(19-18)14-7-8-15-10-20-11-16(15)9-14/h3-9,17,19H,2,10-11,18H2,1H3. The maximum atomic E-state index is 5.77. The van der Waals surface area contributed by atoms with E-state index in [9.17, 15) is 0 Å². The zero-order valence-corrected chi connectivity index (χ0v) is 11.7. The molecule has 104 valence electrons. The maximum Gasteiger partial charge on any atom is 0.0725 e. The molecule has 0 spiro atoms. The second-order valence-corrected chi connectivity index (χ2v) is 5.22. The van der Waals surface area contributed by atoms with Gasteiger partial charge in [0.05, 0.1) is 19.3 Å². The molecule has 3 heteroatoms. The Morgan fingerprint density at radius 3 is 2.45 bits per heavy atom. The number of benzene rings is 2. The first kappa shape index (κ1) is 13.3. The number of hydrogen-bond acceptors (Lipinski definition) is 3. The van der Waals surface area contributed by atoms with Gasteiger partial charge in [-0.15, -0.1) is 0 Å². The second-order valence-electron chi connectivity index (χ2n) is 5.22. The molecule has 0 aliphatic carbocycles. The smallest absolute Gasteiger partial charge is 0.0725 e. The molecule has 0 aromatic heterocycles. The number of rotatable bonds is 4. The normalized spacial score (nSPS) is 15.1. The maximum absolute atomic E-state index is 5.77. The minimum absolute atomic E-state index is 0.0202. The summed E-state index contributed by atoms with van der Waals surface area (Å²) < 4.78 is 5.47. The molecule has 3 nitrogen and oxygen atoms in total. The van der Waals surface area contributed by atoms with Gasteiger partial charge >= 0.3 is 0 Å². The van der Waals surface area contributed by atoms with Crippen LogP contribution in [-0.2, 0) is 24.4 Å². The summed E-state index contributed by atoms with van der Waals surface area (Å²) in [5, 5.41) is 0. The van der Waals surface area contributed by atoms with Crippen molar-refractivity contribution in [3.05, 3.63) is 70.3 Å². The molecule has 1 heterocycles. The molecule has 0 saturated heterocycles. The predicted molar refractivity (Wildman–Crippen MR) is 79.9 cm³/mol. The van der Waals surface area contributed by atoms with Gasteiger partial charge in [-0.05, 0) is 34.2 Å². The molecule has 0 saturated carbocycles. The van der Waals surface area contributed by atoms with Crippen molar-refractivity contribution in [2.24, 2.45) is 5.84 Å². The number of nitrogens with two attached hydrogens (primary N) is 1. The van der Waals surface area contributed by atoms with Crippen LogP contribution in [0.25, 0.3) is 0 Å². The van der Waals surface area contributed by atoms with Gasteiger partial charge in [-0.25, -0.2) is 5.43 Å². The van der Waals surface area contributed by atoms with Crippen LogP contribution in [0.2, 0.25) is 0 Å². The third-order valence-corrected chi connectivity index (χ3v) is 3.97. The van der Waals surface area contributed by atoms with Gasteiger partial charge in [0.2, 0.25) is 0 Å². The van der Waals surface area contributed by atoms with E-state index in [4.69, 9.17) is 10.6 Å². The minimum Gasteiger partial charge on any atom is -0.372 e. The van der Waals surface area contributed by atoms with E-state index >= 15 is 0 Å². The summed E-state index contributed by atoms with van der Waals surface area (Å²) in [6.45, 7) is 3.59. The van der Waals surface area contributed by atoms with Gasteiger partial charge in [0.1, 0.15) is 0 Å². The summed E-state index contributed by atoms with van der Waals surface area (Å²) in [4.78, 5) is 0. The van der Waals surface area contributed by atoms with Crippen LogP contribution in [0.5, 0.6) is 0 Å². The summed E-state index contributed by atoms with van der Waals surface area (Å²) in [5.41, 5.74) is 9.18. The van der Waals surface area contributed by atoms with Crippen LogP contribution in [0.3, 0.4) is 0 Å². The molecule has 2 aromatic carbocycles. The van der Waals surface area contributed by atoms with Gasteiger partial charge < -0.3 is 4.74 Å². The molecular formula is C17H20N2O. The number of hydrogen-bond donors (Lipinski definition) is 2. The molecule has 1 unspecified atom stereocenters. The van der Waals surface area contributed by atoms with Crippen molar-refractivity contribution in [3.8, 4) is 0 Å². The van der Waals surface area contributed by atoms with Gasteiger partial charge in [-0.3, -0.25) is 5.84 Å². The average molecular weight is 268 g/mol. The molecule has 3 N–H and O–H groups in total. The number of hydrazine groups is 1. The van der Waals surface area contributed by atoms with Gasteiger partial charge in [0.25, 0.3) is 0 Å². The lowest BCUT2D eigenvalue weighted by atomic mass is 9.95. The van der Waals surface area contributed by atoms with E-state index in [1.165, 1.54) is 27.8 Å². The molecule has 1 aliphatic heterocycles. The number of ether oxygens (including phenoxy) is 1. The molecule has 0 radical (unpaired) electrons. The van der Waals surface area contributed by atoms with Crippen LogP contribution < -0.4 is 11.3 Å². The summed E-state index contributed by atoms with van der Waals surface area (Å²) >= 11 is 0. The van der Waals surface area contributed by atoms with Gasteiger partial charge in [-0.1, -0.05) is 49.4 Å². The molecule has 0 amide bonds. The first-order valence-electron chi connectivity index (χ1n) is 7.06. The lowest BCUT2D eigenvalue weighted by Crippen LogP contribution is -2.28. The summed E-state index contributed by atoms with van der Waals surface area (Å²) in [7, 11) is 0. The highest BCUT2D eigenvalue weighted by atomic mass is 16.5. The van der Waals surface area contributed by atoms with Crippen molar-refractivity contribution in [2.75, 3.05) is 0 Å². The van der Waals surface area contributed by atoms with Crippen molar-refractivity contribution in [2.45, 2.75) is 32.6 Å². The highest BCUT2D eigenvalue weighted by Gasteiger charge is 2.17. The fourth-order valence-corrected chi connectivity index (χ4v) is 2.70. The Morgan fingerprint density at radius 2 is 1.75 bits per heavy atom. The SMILES string of the molecule is CCc1ccc(C(NN)c2ccc3c(c2)COC3)cc1. The second kappa shape index (κ2) is 5.75. The number of fused-ring (bicyclic) bond motifs is 1. The molecule has 0 bridgehead atoms. The van der Waals surface area contributed by atoms with Gasteiger partial charge in [-0.2, -0.15) is 0 Å². The number of aryl methyl sites for hydroxylation is 1. The Labute approximate surface area is 119 Å². The Balaban J connectivity index is 1.92. The van der Waals surface area contributed by atoms with Gasteiger partial charge in [0, 0.05) is 0 Å². The third kappa shape index (κ3) is 2.48. The lowest BCUT2D eigenvalue weighted by Gasteiger charge is -2.18. The van der Waals surface area contributed by atoms with E-state index in [0.29, 0.717) is 6.61 Å². The molecule has 20 heavy (non-hydrogen) atoms. The van der Waals surface area contributed by atoms with E-state index < -0.39 is 0 Å². The van der Waals surface area contributed by atoms with E-state index in [2.05, 4.69) is 54.8 Å². The van der Waals surface area contributed by atoms with E-state index in [1.54, 1.807) is 0 Å². The van der Waals surface area contributed by atoms with Crippen molar-refractivity contribution in [1.82, 2.24) is 5.43 Å². The lowest BCUT2D eigenvalue weighted by molar-refractivity contribution is 0.134. The third-order valence-electron chi connectivity index (χ3n) is 3.97. The van der Waals surface area contributed by atoms with Crippen molar-refractivity contribution in [3.63, 3.8) is 0 Å². The van der Waals surface area contributed by atoms with Gasteiger partial charge in [0.15, 0.2) is 0 Å². The quantitative estimate of drug-likeness (QED) is 0.662. The van der Waals surface area contributed by atoms with Crippen LogP contribution in [-0.4, -0.2) is 0 Å². The van der Waals surface area contributed by atoms with Crippen LogP contribution in [0, 0.1) is 0 Å². The van der Waals surface area contributed by atoms with Crippen molar-refractivity contribution in [1.29, 1.82) is 0 Å². The first-order valence-corrected chi connectivity index (χ1v) is 7.06. The fraction of sp³-hybridized carbons (Fsp3) is 0.294. The highest BCUT2D eigenvalue weighted by Crippen LogP contribution is 2.27. The Kier molecular flexibility index (Phi) is 3.83. The van der Waals surface area contributed by atoms with Crippen LogP contribution in [0.4, 0.5) is 0 Å². The molecule has 3 rings (SSSR count). The van der Waals surface area contributed by atoms with Crippen LogP contribution in [0.15, 0.2) is 42.5 Å². The molecule has 0 fully saturated rings. The topological polar surface area (TPSA) is 47.3 Å². The average Bonchev–Trinajstić information content (AvgIpc) is 2.96. The zero-order valence-electron chi connectivity index (χ0n) is 11.7. The first-order chi connectivity index (χ1) is 9.81. The van der Waals surface area contributed by atoms with E-state index in [0.717, 1.165) is 13.0 Å². The summed E-state index contributed by atoms with van der Waals surface area (Å²) in [6, 6.07) is 15.1. The summed E-state index contributed by atoms with van der Waals surface area (Å²) in [5.74, 6) is 5.77. The Hall–Kier alpha value is -1.68. The Morgan fingerprint density at radius 1 is 1.05 bits per heavy atom. The van der Waals surface area contributed by atoms with Crippen LogP contribution in [0.1, 0.15) is 40.8 Å². The predicted octanol–water partition coefficient (Wildman–Crippen LogP) is 2.83. The molecule has 1 aliphatic rings.